The standard InChI is InChI=1S/C23H19F3N8O/c1-3-20(35)30-16-5-4-6-17(8-16)31-21-19(14-7-15(10-27-9-14)23(24,25)26)12-28-22(33-21)32-18-11-29-34(2)13-18/h3-13H,1H2,2H3,(H,30,35)(H2,28,31,32,33). The molecular weight excluding hydrogens is 461 g/mol. The van der Waals surface area contributed by atoms with Crippen molar-refractivity contribution in [3.05, 3.63) is 79.5 Å². The summed E-state index contributed by atoms with van der Waals surface area (Å²) < 4.78 is 41.4. The van der Waals surface area contributed by atoms with Crippen LogP contribution in [-0.2, 0) is 18.0 Å². The first-order valence-corrected chi connectivity index (χ1v) is 10.2. The van der Waals surface area contributed by atoms with E-state index in [1.807, 2.05) is 0 Å². The van der Waals surface area contributed by atoms with Crippen LogP contribution < -0.4 is 16.0 Å². The normalized spacial score (nSPS) is 11.1. The monoisotopic (exact) mass is 480 g/mol. The van der Waals surface area contributed by atoms with Gasteiger partial charge in [0.2, 0.25) is 11.9 Å². The number of hydrogen-bond acceptors (Lipinski definition) is 7. The van der Waals surface area contributed by atoms with Crippen LogP contribution >= 0.6 is 0 Å². The van der Waals surface area contributed by atoms with Gasteiger partial charge >= 0.3 is 6.18 Å². The second-order valence-electron chi connectivity index (χ2n) is 7.34. The highest BCUT2D eigenvalue weighted by molar-refractivity contribution is 5.99. The molecule has 4 aromatic rings. The first-order chi connectivity index (χ1) is 16.7. The number of carbonyl (C=O) groups is 1. The lowest BCUT2D eigenvalue weighted by Crippen LogP contribution is -2.08. The second-order valence-corrected chi connectivity index (χ2v) is 7.34. The van der Waals surface area contributed by atoms with Gasteiger partial charge in [-0.15, -0.1) is 0 Å². The molecule has 0 saturated heterocycles. The van der Waals surface area contributed by atoms with Gasteiger partial charge in [-0.3, -0.25) is 14.5 Å². The van der Waals surface area contributed by atoms with E-state index in [1.165, 1.54) is 12.4 Å². The summed E-state index contributed by atoms with van der Waals surface area (Å²) in [7, 11) is 1.75. The molecule has 0 bridgehead atoms. The maximum atomic E-state index is 13.3. The van der Waals surface area contributed by atoms with Gasteiger partial charge in [0.25, 0.3) is 0 Å². The molecule has 12 heteroatoms. The molecule has 3 heterocycles. The Kier molecular flexibility index (Phi) is 6.44. The fraction of sp³-hybridized carbons (Fsp3) is 0.0870. The van der Waals surface area contributed by atoms with Crippen LogP contribution in [0.4, 0.5) is 42.0 Å². The van der Waals surface area contributed by atoms with Crippen LogP contribution in [0, 0.1) is 0 Å². The number of anilines is 5. The SMILES string of the molecule is C=CC(=O)Nc1cccc(Nc2nc(Nc3cnn(C)c3)ncc2-c2cncc(C(F)(F)F)c2)c1. The fourth-order valence-electron chi connectivity index (χ4n) is 3.11. The lowest BCUT2D eigenvalue weighted by molar-refractivity contribution is -0.137. The summed E-state index contributed by atoms with van der Waals surface area (Å²) in [5.41, 5.74) is 1.21. The topological polar surface area (TPSA) is 110 Å². The minimum absolute atomic E-state index is 0.173. The van der Waals surface area contributed by atoms with Crippen molar-refractivity contribution in [1.29, 1.82) is 0 Å². The summed E-state index contributed by atoms with van der Waals surface area (Å²) in [6.07, 6.45) is 3.32. The largest absolute Gasteiger partial charge is 0.417 e. The van der Waals surface area contributed by atoms with Gasteiger partial charge in [-0.1, -0.05) is 12.6 Å². The Morgan fingerprint density at radius 2 is 1.86 bits per heavy atom. The van der Waals surface area contributed by atoms with Gasteiger partial charge in [0.1, 0.15) is 5.82 Å². The van der Waals surface area contributed by atoms with E-state index in [1.54, 1.807) is 48.4 Å². The maximum absolute atomic E-state index is 13.3. The quantitative estimate of drug-likeness (QED) is 0.323. The van der Waals surface area contributed by atoms with Gasteiger partial charge in [-0.2, -0.15) is 23.3 Å². The van der Waals surface area contributed by atoms with Crippen molar-refractivity contribution in [3.63, 3.8) is 0 Å². The predicted molar refractivity (Wildman–Crippen MR) is 125 cm³/mol. The van der Waals surface area contributed by atoms with Gasteiger partial charge in [0.05, 0.1) is 17.4 Å². The van der Waals surface area contributed by atoms with E-state index in [4.69, 9.17) is 0 Å². The number of rotatable bonds is 7. The molecule has 3 aromatic heterocycles. The molecule has 0 aliphatic heterocycles. The molecule has 1 amide bonds. The van der Waals surface area contributed by atoms with E-state index in [0.29, 0.717) is 22.6 Å². The van der Waals surface area contributed by atoms with Crippen molar-refractivity contribution in [2.24, 2.45) is 7.05 Å². The number of nitrogens with zero attached hydrogens (tertiary/aromatic N) is 5. The predicted octanol–water partition coefficient (Wildman–Crippen LogP) is 4.90. The van der Waals surface area contributed by atoms with E-state index in [0.717, 1.165) is 18.3 Å². The summed E-state index contributed by atoms with van der Waals surface area (Å²) in [6.45, 7) is 3.42. The van der Waals surface area contributed by atoms with E-state index in [9.17, 15) is 18.0 Å². The zero-order valence-electron chi connectivity index (χ0n) is 18.3. The van der Waals surface area contributed by atoms with Gasteiger partial charge in [-0.05, 0) is 30.3 Å². The molecule has 0 aliphatic carbocycles. The summed E-state index contributed by atoms with van der Waals surface area (Å²) in [6, 6.07) is 7.72. The third kappa shape index (κ3) is 5.79. The number of amides is 1. The molecule has 4 rings (SSSR count). The van der Waals surface area contributed by atoms with Crippen LogP contribution in [0.3, 0.4) is 0 Å². The van der Waals surface area contributed by atoms with E-state index in [-0.39, 0.29) is 23.2 Å². The molecule has 3 N–H and O–H groups in total. The van der Waals surface area contributed by atoms with Crippen molar-refractivity contribution in [2.45, 2.75) is 6.18 Å². The van der Waals surface area contributed by atoms with Crippen molar-refractivity contribution < 1.29 is 18.0 Å². The maximum Gasteiger partial charge on any atom is 0.417 e. The molecule has 1 aromatic carbocycles. The Labute approximate surface area is 197 Å². The van der Waals surface area contributed by atoms with Crippen LogP contribution in [0.15, 0.2) is 74.0 Å². The molecule has 0 aliphatic rings. The summed E-state index contributed by atoms with van der Waals surface area (Å²) in [4.78, 5) is 24.1. The first-order valence-electron chi connectivity index (χ1n) is 10.2. The van der Waals surface area contributed by atoms with E-state index in [2.05, 4.69) is 42.6 Å². The van der Waals surface area contributed by atoms with E-state index >= 15 is 0 Å². The molecule has 0 radical (unpaired) electrons. The zero-order chi connectivity index (χ0) is 25.0. The Morgan fingerprint density at radius 1 is 1.06 bits per heavy atom. The van der Waals surface area contributed by atoms with Crippen molar-refractivity contribution in [1.82, 2.24) is 24.7 Å². The number of hydrogen-bond donors (Lipinski definition) is 3. The number of halogens is 3. The highest BCUT2D eigenvalue weighted by Crippen LogP contribution is 2.34. The van der Waals surface area contributed by atoms with Crippen molar-refractivity contribution in [2.75, 3.05) is 16.0 Å². The molecule has 9 nitrogen and oxygen atoms in total. The highest BCUT2D eigenvalue weighted by Gasteiger charge is 2.31. The Balaban J connectivity index is 1.73. The molecule has 0 fully saturated rings. The fourth-order valence-corrected chi connectivity index (χ4v) is 3.11. The molecule has 0 atom stereocenters. The van der Waals surface area contributed by atoms with Crippen molar-refractivity contribution in [3.8, 4) is 11.1 Å². The van der Waals surface area contributed by atoms with Crippen LogP contribution in [0.2, 0.25) is 0 Å². The lowest BCUT2D eigenvalue weighted by atomic mass is 10.1. The Hall–Kier alpha value is -4.74. The zero-order valence-corrected chi connectivity index (χ0v) is 18.3. The average molecular weight is 480 g/mol. The number of alkyl halides is 3. The van der Waals surface area contributed by atoms with Gasteiger partial charge in [-0.25, -0.2) is 4.98 Å². The summed E-state index contributed by atoms with van der Waals surface area (Å²) in [5.74, 6) is 0.0304. The Morgan fingerprint density at radius 3 is 2.57 bits per heavy atom. The van der Waals surface area contributed by atoms with Gasteiger partial charge < -0.3 is 16.0 Å². The number of nitrogens with one attached hydrogen (secondary N) is 3. The molecule has 0 unspecified atom stereocenters. The molecule has 35 heavy (non-hydrogen) atoms. The highest BCUT2D eigenvalue weighted by atomic mass is 19.4. The van der Waals surface area contributed by atoms with Crippen molar-refractivity contribution >= 4 is 34.7 Å². The second kappa shape index (κ2) is 9.63. The van der Waals surface area contributed by atoms with Crippen LogP contribution in [0.25, 0.3) is 11.1 Å². The van der Waals surface area contributed by atoms with Crippen LogP contribution in [0.5, 0.6) is 0 Å². The minimum Gasteiger partial charge on any atom is -0.339 e. The third-order valence-electron chi connectivity index (χ3n) is 4.70. The smallest absolute Gasteiger partial charge is 0.339 e. The first kappa shape index (κ1) is 23.4. The minimum atomic E-state index is -4.56. The lowest BCUT2D eigenvalue weighted by Gasteiger charge is -2.14. The van der Waals surface area contributed by atoms with Gasteiger partial charge in [0, 0.05) is 54.3 Å². The van der Waals surface area contributed by atoms with Crippen LogP contribution in [-0.4, -0.2) is 30.6 Å². The number of benzene rings is 1. The summed E-state index contributed by atoms with van der Waals surface area (Å²) >= 11 is 0. The van der Waals surface area contributed by atoms with Crippen LogP contribution in [0.1, 0.15) is 5.56 Å². The number of carbonyl (C=O) groups excluding carboxylic acids is 1. The average Bonchev–Trinajstić information content (AvgIpc) is 3.23. The molecule has 0 saturated carbocycles. The number of pyridine rings is 1. The number of aromatic nitrogens is 5. The molecule has 0 spiro atoms. The number of aryl methyl sites for hydroxylation is 1. The van der Waals surface area contributed by atoms with E-state index < -0.39 is 11.7 Å². The summed E-state index contributed by atoms with van der Waals surface area (Å²) in [5, 5.41) is 12.8. The van der Waals surface area contributed by atoms with Gasteiger partial charge in [0.15, 0.2) is 0 Å². The third-order valence-corrected chi connectivity index (χ3v) is 4.70. The molecular formula is C23H19F3N8O. The Bertz CT molecular complexity index is 1380. The molecule has 178 valence electrons.